The largest absolute Gasteiger partial charge is 0.388 e. The second kappa shape index (κ2) is 5.40. The molecule has 74 valence electrons. The van der Waals surface area contributed by atoms with Gasteiger partial charge in [-0.3, -0.25) is 0 Å². The lowest BCUT2D eigenvalue weighted by molar-refractivity contribution is 0.145. The van der Waals surface area contributed by atoms with Crippen LogP contribution in [0.4, 0.5) is 0 Å². The average Bonchev–Trinajstić information content (AvgIpc) is 2.55. The van der Waals surface area contributed by atoms with Crippen molar-refractivity contribution >= 4 is 11.3 Å². The SMILES string of the molecule is CCCC(C)CC(O)c1ccsc1. The maximum absolute atomic E-state index is 9.81. The number of aliphatic hydroxyl groups excluding tert-OH is 1. The van der Waals surface area contributed by atoms with Crippen LogP contribution in [0.2, 0.25) is 0 Å². The summed E-state index contributed by atoms with van der Waals surface area (Å²) in [6, 6.07) is 2.01. The zero-order valence-corrected chi connectivity index (χ0v) is 9.18. The van der Waals surface area contributed by atoms with Gasteiger partial charge in [-0.15, -0.1) is 0 Å². The Hall–Kier alpha value is -0.340. The Kier molecular flexibility index (Phi) is 4.46. The van der Waals surface area contributed by atoms with Crippen molar-refractivity contribution in [1.29, 1.82) is 0 Å². The van der Waals surface area contributed by atoms with E-state index in [1.54, 1.807) is 11.3 Å². The average molecular weight is 198 g/mol. The second-order valence-corrected chi connectivity index (χ2v) is 4.48. The Morgan fingerprint density at radius 2 is 2.31 bits per heavy atom. The first-order valence-electron chi connectivity index (χ1n) is 4.94. The zero-order valence-electron chi connectivity index (χ0n) is 8.36. The fraction of sp³-hybridized carbons (Fsp3) is 0.636. The van der Waals surface area contributed by atoms with Crippen LogP contribution in [0.5, 0.6) is 0 Å². The number of rotatable bonds is 5. The first-order chi connectivity index (χ1) is 6.24. The molecule has 1 N–H and O–H groups in total. The van der Waals surface area contributed by atoms with Gasteiger partial charge >= 0.3 is 0 Å². The van der Waals surface area contributed by atoms with Crippen molar-refractivity contribution < 1.29 is 5.11 Å². The zero-order chi connectivity index (χ0) is 9.68. The molecule has 1 aromatic heterocycles. The van der Waals surface area contributed by atoms with Gasteiger partial charge in [0.15, 0.2) is 0 Å². The van der Waals surface area contributed by atoms with Crippen LogP contribution in [0.1, 0.15) is 44.8 Å². The van der Waals surface area contributed by atoms with Gasteiger partial charge in [-0.05, 0) is 34.7 Å². The molecule has 2 unspecified atom stereocenters. The highest BCUT2D eigenvalue weighted by Gasteiger charge is 2.11. The van der Waals surface area contributed by atoms with Gasteiger partial charge in [0, 0.05) is 0 Å². The molecule has 0 fully saturated rings. The monoisotopic (exact) mass is 198 g/mol. The van der Waals surface area contributed by atoms with Gasteiger partial charge in [0.1, 0.15) is 0 Å². The topological polar surface area (TPSA) is 20.2 Å². The first-order valence-corrected chi connectivity index (χ1v) is 5.88. The molecule has 13 heavy (non-hydrogen) atoms. The molecule has 0 amide bonds. The van der Waals surface area contributed by atoms with Crippen LogP contribution in [0.3, 0.4) is 0 Å². The maximum Gasteiger partial charge on any atom is 0.0800 e. The highest BCUT2D eigenvalue weighted by Crippen LogP contribution is 2.24. The predicted molar refractivity (Wildman–Crippen MR) is 58.0 cm³/mol. The summed E-state index contributed by atoms with van der Waals surface area (Å²) in [5.41, 5.74) is 1.08. The number of thiophene rings is 1. The van der Waals surface area contributed by atoms with Gasteiger partial charge in [0.25, 0.3) is 0 Å². The van der Waals surface area contributed by atoms with Gasteiger partial charge in [-0.1, -0.05) is 26.7 Å². The van der Waals surface area contributed by atoms with Gasteiger partial charge in [-0.25, -0.2) is 0 Å². The standard InChI is InChI=1S/C11H18OS/c1-3-4-9(2)7-11(12)10-5-6-13-8-10/h5-6,8-9,11-12H,3-4,7H2,1-2H3. The number of aliphatic hydroxyl groups is 1. The Morgan fingerprint density at radius 1 is 1.54 bits per heavy atom. The highest BCUT2D eigenvalue weighted by atomic mass is 32.1. The molecular formula is C11H18OS. The molecule has 0 aliphatic heterocycles. The fourth-order valence-corrected chi connectivity index (χ4v) is 2.30. The molecule has 0 spiro atoms. The molecular weight excluding hydrogens is 180 g/mol. The van der Waals surface area contributed by atoms with Crippen LogP contribution in [0.15, 0.2) is 16.8 Å². The third-order valence-electron chi connectivity index (χ3n) is 2.34. The second-order valence-electron chi connectivity index (χ2n) is 3.70. The van der Waals surface area contributed by atoms with E-state index >= 15 is 0 Å². The van der Waals surface area contributed by atoms with Crippen molar-refractivity contribution in [3.05, 3.63) is 22.4 Å². The van der Waals surface area contributed by atoms with E-state index in [1.165, 1.54) is 12.8 Å². The number of hydrogen-bond acceptors (Lipinski definition) is 2. The quantitative estimate of drug-likeness (QED) is 0.766. The minimum Gasteiger partial charge on any atom is -0.388 e. The Balaban J connectivity index is 2.37. The Bertz CT molecular complexity index is 218. The van der Waals surface area contributed by atoms with Gasteiger partial charge in [0.2, 0.25) is 0 Å². The van der Waals surface area contributed by atoms with E-state index in [4.69, 9.17) is 0 Å². The lowest BCUT2D eigenvalue weighted by Gasteiger charge is -2.14. The first kappa shape index (κ1) is 10.7. The van der Waals surface area contributed by atoms with Crippen molar-refractivity contribution in [3.63, 3.8) is 0 Å². The van der Waals surface area contributed by atoms with E-state index in [0.29, 0.717) is 5.92 Å². The molecule has 1 rings (SSSR count). The van der Waals surface area contributed by atoms with E-state index in [-0.39, 0.29) is 6.10 Å². The number of hydrogen-bond donors (Lipinski definition) is 1. The summed E-state index contributed by atoms with van der Waals surface area (Å²) < 4.78 is 0. The molecule has 1 aromatic rings. The summed E-state index contributed by atoms with van der Waals surface area (Å²) in [7, 11) is 0. The van der Waals surface area contributed by atoms with Crippen LogP contribution < -0.4 is 0 Å². The molecule has 0 saturated heterocycles. The van der Waals surface area contributed by atoms with E-state index in [2.05, 4.69) is 13.8 Å². The molecule has 0 aromatic carbocycles. The molecule has 0 aliphatic carbocycles. The minimum atomic E-state index is -0.257. The van der Waals surface area contributed by atoms with Crippen LogP contribution in [-0.4, -0.2) is 5.11 Å². The molecule has 2 heteroatoms. The fourth-order valence-electron chi connectivity index (χ4n) is 1.59. The predicted octanol–water partition coefficient (Wildman–Crippen LogP) is 3.61. The van der Waals surface area contributed by atoms with Crippen LogP contribution in [0, 0.1) is 5.92 Å². The Labute approximate surface area is 84.4 Å². The Morgan fingerprint density at radius 3 is 2.85 bits per heavy atom. The summed E-state index contributed by atoms with van der Waals surface area (Å²) in [6.45, 7) is 4.40. The lowest BCUT2D eigenvalue weighted by Crippen LogP contribution is -2.03. The van der Waals surface area contributed by atoms with Gasteiger partial charge < -0.3 is 5.11 Å². The van der Waals surface area contributed by atoms with E-state index < -0.39 is 0 Å². The summed E-state index contributed by atoms with van der Waals surface area (Å²) in [5, 5.41) is 13.9. The van der Waals surface area contributed by atoms with E-state index in [1.807, 2.05) is 16.8 Å². The molecule has 0 bridgehead atoms. The van der Waals surface area contributed by atoms with Crippen LogP contribution >= 0.6 is 11.3 Å². The summed E-state index contributed by atoms with van der Waals surface area (Å²) in [4.78, 5) is 0. The van der Waals surface area contributed by atoms with Crippen molar-refractivity contribution in [2.75, 3.05) is 0 Å². The minimum absolute atomic E-state index is 0.257. The highest BCUT2D eigenvalue weighted by molar-refractivity contribution is 7.07. The van der Waals surface area contributed by atoms with Crippen LogP contribution in [0.25, 0.3) is 0 Å². The molecule has 1 nitrogen and oxygen atoms in total. The van der Waals surface area contributed by atoms with Crippen molar-refractivity contribution in [2.24, 2.45) is 5.92 Å². The third kappa shape index (κ3) is 3.49. The normalized spacial score (nSPS) is 15.6. The van der Waals surface area contributed by atoms with Crippen molar-refractivity contribution in [3.8, 4) is 0 Å². The smallest absolute Gasteiger partial charge is 0.0800 e. The van der Waals surface area contributed by atoms with Crippen molar-refractivity contribution in [2.45, 2.75) is 39.2 Å². The molecule has 0 saturated carbocycles. The van der Waals surface area contributed by atoms with Crippen molar-refractivity contribution in [1.82, 2.24) is 0 Å². The summed E-state index contributed by atoms with van der Waals surface area (Å²) in [6.07, 6.45) is 3.05. The summed E-state index contributed by atoms with van der Waals surface area (Å²) >= 11 is 1.65. The van der Waals surface area contributed by atoms with E-state index in [0.717, 1.165) is 12.0 Å². The maximum atomic E-state index is 9.81. The third-order valence-corrected chi connectivity index (χ3v) is 3.04. The van der Waals surface area contributed by atoms with Gasteiger partial charge in [-0.2, -0.15) is 11.3 Å². The molecule has 0 aliphatic rings. The lowest BCUT2D eigenvalue weighted by atomic mass is 9.96. The van der Waals surface area contributed by atoms with E-state index in [9.17, 15) is 5.11 Å². The molecule has 2 atom stereocenters. The summed E-state index contributed by atoms with van der Waals surface area (Å²) in [5.74, 6) is 0.625. The molecule has 0 radical (unpaired) electrons. The molecule has 1 heterocycles. The van der Waals surface area contributed by atoms with Gasteiger partial charge in [0.05, 0.1) is 6.10 Å². The van der Waals surface area contributed by atoms with Crippen LogP contribution in [-0.2, 0) is 0 Å².